The van der Waals surface area contributed by atoms with Gasteiger partial charge in [0.2, 0.25) is 0 Å². The summed E-state index contributed by atoms with van der Waals surface area (Å²) in [6.45, 7) is 4.34. The fraction of sp³-hybridized carbons (Fsp3) is 0.188. The van der Waals surface area contributed by atoms with Gasteiger partial charge in [-0.2, -0.15) is 0 Å². The summed E-state index contributed by atoms with van der Waals surface area (Å²) in [5, 5.41) is 0. The fourth-order valence-corrected chi connectivity index (χ4v) is 2.70. The average Bonchev–Trinajstić information content (AvgIpc) is 2.39. The Balaban J connectivity index is 2.17. The van der Waals surface area contributed by atoms with Gasteiger partial charge in [0, 0.05) is 10.0 Å². The van der Waals surface area contributed by atoms with E-state index in [1.165, 1.54) is 5.56 Å². The molecule has 0 aliphatic rings. The number of hydrogen-bond acceptors (Lipinski definition) is 2. The molecule has 0 heterocycles. The summed E-state index contributed by atoms with van der Waals surface area (Å²) >= 11 is 8.41. The number of halogens is 1. The van der Waals surface area contributed by atoms with Crippen molar-refractivity contribution in [1.82, 2.24) is 0 Å². The molecule has 0 amide bonds. The molecule has 2 N–H and O–H groups in total. The van der Waals surface area contributed by atoms with Crippen LogP contribution in [0.2, 0.25) is 0 Å². The van der Waals surface area contributed by atoms with Crippen molar-refractivity contribution in [3.63, 3.8) is 0 Å². The molecule has 20 heavy (non-hydrogen) atoms. The van der Waals surface area contributed by atoms with Crippen LogP contribution in [-0.4, -0.2) is 4.99 Å². The molecule has 0 aromatic heterocycles. The van der Waals surface area contributed by atoms with Crippen LogP contribution in [0.25, 0.3) is 0 Å². The van der Waals surface area contributed by atoms with E-state index < -0.39 is 0 Å². The minimum atomic E-state index is 0.365. The van der Waals surface area contributed by atoms with E-state index in [-0.39, 0.29) is 0 Å². The first-order chi connectivity index (χ1) is 9.47. The summed E-state index contributed by atoms with van der Waals surface area (Å²) in [5.41, 5.74) is 7.72. The Bertz CT molecular complexity index is 623. The van der Waals surface area contributed by atoms with Gasteiger partial charge in [-0.3, -0.25) is 0 Å². The summed E-state index contributed by atoms with van der Waals surface area (Å²) in [5.74, 6) is 2.07. The van der Waals surface area contributed by atoms with Crippen molar-refractivity contribution in [2.45, 2.75) is 19.8 Å². The molecule has 2 aromatic carbocycles. The molecule has 0 radical (unpaired) electrons. The molecule has 4 heteroatoms. The van der Waals surface area contributed by atoms with E-state index in [1.807, 2.05) is 30.3 Å². The van der Waals surface area contributed by atoms with E-state index in [0.29, 0.717) is 10.9 Å². The van der Waals surface area contributed by atoms with Crippen molar-refractivity contribution in [3.8, 4) is 11.5 Å². The lowest BCUT2D eigenvalue weighted by atomic mass is 10.0. The highest BCUT2D eigenvalue weighted by molar-refractivity contribution is 9.10. The van der Waals surface area contributed by atoms with Crippen LogP contribution in [0.3, 0.4) is 0 Å². The minimum Gasteiger partial charge on any atom is -0.457 e. The second-order valence-corrected chi connectivity index (χ2v) is 6.13. The number of thiocarbonyl (C=S) groups is 1. The van der Waals surface area contributed by atoms with Gasteiger partial charge < -0.3 is 10.5 Å². The summed E-state index contributed by atoms with van der Waals surface area (Å²) in [7, 11) is 0. The van der Waals surface area contributed by atoms with Crippen molar-refractivity contribution >= 4 is 33.1 Å². The standard InChI is InChI=1S/C16H16BrNOS/c1-10(2)11-3-5-12(6-4-11)19-13-7-8-14(16(18)20)15(17)9-13/h3-10H,1-2H3,(H2,18,20). The first-order valence-electron chi connectivity index (χ1n) is 6.34. The van der Waals surface area contributed by atoms with Gasteiger partial charge in [0.15, 0.2) is 0 Å². The van der Waals surface area contributed by atoms with Crippen molar-refractivity contribution in [2.75, 3.05) is 0 Å². The molecule has 0 saturated carbocycles. The number of rotatable bonds is 4. The van der Waals surface area contributed by atoms with E-state index in [4.69, 9.17) is 22.7 Å². The van der Waals surface area contributed by atoms with Gasteiger partial charge in [-0.05, 0) is 57.7 Å². The summed E-state index contributed by atoms with van der Waals surface area (Å²) < 4.78 is 6.65. The normalized spacial score (nSPS) is 10.6. The van der Waals surface area contributed by atoms with Gasteiger partial charge in [0.25, 0.3) is 0 Å². The molecule has 2 rings (SSSR count). The Morgan fingerprint density at radius 3 is 2.20 bits per heavy atom. The van der Waals surface area contributed by atoms with E-state index in [0.717, 1.165) is 21.5 Å². The molecule has 0 fully saturated rings. The quantitative estimate of drug-likeness (QED) is 0.788. The van der Waals surface area contributed by atoms with Crippen LogP contribution < -0.4 is 10.5 Å². The second kappa shape index (κ2) is 6.37. The molecule has 0 spiro atoms. The van der Waals surface area contributed by atoms with Crippen LogP contribution in [0.4, 0.5) is 0 Å². The molecule has 0 aliphatic carbocycles. The number of benzene rings is 2. The molecule has 0 aliphatic heterocycles. The highest BCUT2D eigenvalue weighted by Gasteiger charge is 2.06. The second-order valence-electron chi connectivity index (χ2n) is 4.83. The molecule has 0 saturated heterocycles. The molecule has 0 bridgehead atoms. The maximum atomic E-state index is 5.81. The Hall–Kier alpha value is -1.39. The van der Waals surface area contributed by atoms with Crippen molar-refractivity contribution in [2.24, 2.45) is 5.73 Å². The molecule has 104 valence electrons. The SMILES string of the molecule is CC(C)c1ccc(Oc2ccc(C(N)=S)c(Br)c2)cc1. The Morgan fingerprint density at radius 1 is 1.10 bits per heavy atom. The predicted molar refractivity (Wildman–Crippen MR) is 90.6 cm³/mol. The number of nitrogens with two attached hydrogens (primary N) is 1. The van der Waals surface area contributed by atoms with Crippen LogP contribution in [0.15, 0.2) is 46.9 Å². The van der Waals surface area contributed by atoms with E-state index in [1.54, 1.807) is 0 Å². The van der Waals surface area contributed by atoms with Gasteiger partial charge >= 0.3 is 0 Å². The van der Waals surface area contributed by atoms with Crippen molar-refractivity contribution < 1.29 is 4.74 Å². The highest BCUT2D eigenvalue weighted by atomic mass is 79.9. The first-order valence-corrected chi connectivity index (χ1v) is 7.54. The van der Waals surface area contributed by atoms with Gasteiger partial charge in [0.1, 0.15) is 16.5 Å². The van der Waals surface area contributed by atoms with Crippen LogP contribution >= 0.6 is 28.1 Å². The molecular formula is C16H16BrNOS. The number of ether oxygens (including phenoxy) is 1. The van der Waals surface area contributed by atoms with Crippen LogP contribution in [0, 0.1) is 0 Å². The lowest BCUT2D eigenvalue weighted by molar-refractivity contribution is 0.482. The monoisotopic (exact) mass is 349 g/mol. The van der Waals surface area contributed by atoms with E-state index in [9.17, 15) is 0 Å². The Morgan fingerprint density at radius 2 is 1.70 bits per heavy atom. The topological polar surface area (TPSA) is 35.2 Å². The van der Waals surface area contributed by atoms with E-state index in [2.05, 4.69) is 41.9 Å². The number of hydrogen-bond donors (Lipinski definition) is 1. The molecule has 2 nitrogen and oxygen atoms in total. The van der Waals surface area contributed by atoms with Crippen molar-refractivity contribution in [3.05, 3.63) is 58.1 Å². The smallest absolute Gasteiger partial charge is 0.128 e. The fourth-order valence-electron chi connectivity index (χ4n) is 1.82. The summed E-state index contributed by atoms with van der Waals surface area (Å²) in [6, 6.07) is 13.7. The largest absolute Gasteiger partial charge is 0.457 e. The molecule has 0 atom stereocenters. The molecule has 0 unspecified atom stereocenters. The zero-order valence-electron chi connectivity index (χ0n) is 11.4. The lowest BCUT2D eigenvalue weighted by Gasteiger charge is -2.10. The third-order valence-electron chi connectivity index (χ3n) is 2.99. The third kappa shape index (κ3) is 3.58. The molecule has 2 aromatic rings. The van der Waals surface area contributed by atoms with Gasteiger partial charge in [0.05, 0.1) is 0 Å². The zero-order chi connectivity index (χ0) is 14.7. The highest BCUT2D eigenvalue weighted by Crippen LogP contribution is 2.28. The van der Waals surface area contributed by atoms with Crippen LogP contribution in [0.1, 0.15) is 30.9 Å². The zero-order valence-corrected chi connectivity index (χ0v) is 13.8. The average molecular weight is 350 g/mol. The van der Waals surface area contributed by atoms with Gasteiger partial charge in [-0.15, -0.1) is 0 Å². The first kappa shape index (κ1) is 15.0. The van der Waals surface area contributed by atoms with Gasteiger partial charge in [-0.25, -0.2) is 0 Å². The predicted octanol–water partition coefficient (Wildman–Crippen LogP) is 5.00. The summed E-state index contributed by atoms with van der Waals surface area (Å²) in [6.07, 6.45) is 0. The minimum absolute atomic E-state index is 0.365. The Labute approximate surface area is 133 Å². The third-order valence-corrected chi connectivity index (χ3v) is 3.86. The van der Waals surface area contributed by atoms with Crippen molar-refractivity contribution in [1.29, 1.82) is 0 Å². The summed E-state index contributed by atoms with van der Waals surface area (Å²) in [4.78, 5) is 0.365. The molecular weight excluding hydrogens is 334 g/mol. The van der Waals surface area contributed by atoms with Crippen LogP contribution in [-0.2, 0) is 0 Å². The lowest BCUT2D eigenvalue weighted by Crippen LogP contribution is -2.09. The van der Waals surface area contributed by atoms with Crippen LogP contribution in [0.5, 0.6) is 11.5 Å². The van der Waals surface area contributed by atoms with E-state index >= 15 is 0 Å². The maximum Gasteiger partial charge on any atom is 0.128 e. The van der Waals surface area contributed by atoms with Gasteiger partial charge in [-0.1, -0.05) is 38.2 Å². The Kier molecular flexibility index (Phi) is 4.78. The maximum absolute atomic E-state index is 5.81.